The van der Waals surface area contributed by atoms with Gasteiger partial charge in [-0.3, -0.25) is 0 Å². The lowest BCUT2D eigenvalue weighted by atomic mass is 10.2. The minimum atomic E-state index is -6.02. The Morgan fingerprint density at radius 3 is 1.89 bits per heavy atom. The molecule has 1 aromatic rings. The number of ether oxygens (including phenoxy) is 2. The molecule has 0 saturated carbocycles. The van der Waals surface area contributed by atoms with E-state index >= 15 is 0 Å². The quantitative estimate of drug-likeness (QED) is 0.600. The molecule has 106 valence electrons. The summed E-state index contributed by atoms with van der Waals surface area (Å²) in [5.74, 6) is -6.06. The maximum Gasteiger partial charge on any atom is 0.480 e. The Morgan fingerprint density at radius 2 is 1.47 bits per heavy atom. The molecule has 0 saturated heterocycles. The lowest BCUT2D eigenvalue weighted by Crippen LogP contribution is -2.60. The average Bonchev–Trinajstić information content (AvgIpc) is 2.28. The van der Waals surface area contributed by atoms with Crippen LogP contribution >= 0.6 is 0 Å². The maximum absolute atomic E-state index is 13.7. The molecule has 8 heteroatoms. The van der Waals surface area contributed by atoms with Crippen molar-refractivity contribution in [2.45, 2.75) is 18.1 Å². The molecule has 0 aliphatic rings. The van der Waals surface area contributed by atoms with Crippen LogP contribution in [-0.2, 0) is 4.74 Å². The summed E-state index contributed by atoms with van der Waals surface area (Å²) in [6.07, 6.45) is -11.3. The van der Waals surface area contributed by atoms with Crippen LogP contribution in [0.15, 0.2) is 43.2 Å². The largest absolute Gasteiger partial charge is 0.480 e. The van der Waals surface area contributed by atoms with Gasteiger partial charge in [-0.1, -0.05) is 24.8 Å². The minimum absolute atomic E-state index is 0.00553. The molecule has 19 heavy (non-hydrogen) atoms. The van der Waals surface area contributed by atoms with E-state index in [1.165, 1.54) is 18.2 Å². The molecule has 0 spiro atoms. The summed E-state index contributed by atoms with van der Waals surface area (Å²) in [5.41, 5.74) is 0. The van der Waals surface area contributed by atoms with Crippen LogP contribution in [0.4, 0.5) is 26.3 Å². The molecule has 0 aliphatic heterocycles. The summed E-state index contributed by atoms with van der Waals surface area (Å²) in [6, 6.07) is 5.56. The Hall–Kier alpha value is -1.86. The predicted octanol–water partition coefficient (Wildman–Crippen LogP) is 4.05. The fourth-order valence-electron chi connectivity index (χ4n) is 1.11. The van der Waals surface area contributed by atoms with Crippen LogP contribution in [0.3, 0.4) is 0 Å². The predicted molar refractivity (Wildman–Crippen MR) is 53.2 cm³/mol. The summed E-state index contributed by atoms with van der Waals surface area (Å²) >= 11 is 0. The van der Waals surface area contributed by atoms with E-state index in [9.17, 15) is 26.3 Å². The lowest BCUT2D eigenvalue weighted by molar-refractivity contribution is -0.427. The van der Waals surface area contributed by atoms with Crippen LogP contribution in [-0.4, -0.2) is 18.1 Å². The monoisotopic (exact) mass is 286 g/mol. The summed E-state index contributed by atoms with van der Waals surface area (Å²) < 4.78 is 84.6. The molecule has 0 aromatic heterocycles. The van der Waals surface area contributed by atoms with Crippen LogP contribution in [0.25, 0.3) is 0 Å². The number of hydrogen-bond acceptors (Lipinski definition) is 2. The third-order valence-electron chi connectivity index (χ3n) is 1.97. The van der Waals surface area contributed by atoms with Gasteiger partial charge in [0.2, 0.25) is 0 Å². The summed E-state index contributed by atoms with van der Waals surface area (Å²) in [7, 11) is 0. The second-order valence-electron chi connectivity index (χ2n) is 3.31. The molecule has 2 nitrogen and oxygen atoms in total. The molecule has 0 N–H and O–H groups in total. The van der Waals surface area contributed by atoms with Crippen LogP contribution in [0.2, 0.25) is 0 Å². The van der Waals surface area contributed by atoms with Crippen molar-refractivity contribution in [2.75, 3.05) is 0 Å². The first kappa shape index (κ1) is 15.2. The van der Waals surface area contributed by atoms with Crippen molar-refractivity contribution >= 4 is 0 Å². The second kappa shape index (κ2) is 5.02. The Labute approximate surface area is 104 Å². The highest BCUT2D eigenvalue weighted by Crippen LogP contribution is 2.47. The molecule has 0 radical (unpaired) electrons. The third-order valence-corrected chi connectivity index (χ3v) is 1.97. The fraction of sp³-hybridized carbons (Fsp3) is 0.273. The van der Waals surface area contributed by atoms with E-state index in [2.05, 4.69) is 16.1 Å². The third kappa shape index (κ3) is 2.94. The smallest absolute Gasteiger partial charge is 0.443 e. The summed E-state index contributed by atoms with van der Waals surface area (Å²) in [5, 5.41) is 0. The lowest BCUT2D eigenvalue weighted by Gasteiger charge is -2.33. The van der Waals surface area contributed by atoms with Gasteiger partial charge >= 0.3 is 18.1 Å². The molecule has 1 aromatic carbocycles. The molecule has 1 rings (SSSR count). The van der Waals surface area contributed by atoms with Crippen molar-refractivity contribution < 1.29 is 35.8 Å². The number of alkyl halides is 6. The van der Waals surface area contributed by atoms with Crippen LogP contribution < -0.4 is 4.74 Å². The normalized spacial score (nSPS) is 15.5. The minimum Gasteiger partial charge on any atom is -0.443 e. The highest BCUT2D eigenvalue weighted by molar-refractivity contribution is 5.22. The van der Waals surface area contributed by atoms with Crippen molar-refractivity contribution in [1.82, 2.24) is 0 Å². The summed E-state index contributed by atoms with van der Waals surface area (Å²) in [6.45, 7) is 2.66. The molecular formula is C11H8F6O2. The van der Waals surface area contributed by atoms with Crippen molar-refractivity contribution in [2.24, 2.45) is 0 Å². The number of hydrogen-bond donors (Lipinski definition) is 0. The first-order valence-electron chi connectivity index (χ1n) is 4.80. The average molecular weight is 286 g/mol. The first-order chi connectivity index (χ1) is 8.64. The number of rotatable bonds is 5. The molecule has 0 fully saturated rings. The number of halogens is 6. The number of benzene rings is 1. The maximum atomic E-state index is 13.7. The highest BCUT2D eigenvalue weighted by Gasteiger charge is 2.77. The van der Waals surface area contributed by atoms with E-state index in [4.69, 9.17) is 0 Å². The first-order valence-corrected chi connectivity index (χ1v) is 4.80. The van der Waals surface area contributed by atoms with E-state index in [0.29, 0.717) is 0 Å². The van der Waals surface area contributed by atoms with Crippen LogP contribution in [0, 0.1) is 0 Å². The standard InChI is InChI=1S/C11H8F6O2/c1-2-18-11(16,17)9(12,10(13,14)15)19-8-6-4-3-5-7-8/h2-7H,1H2. The van der Waals surface area contributed by atoms with Gasteiger partial charge in [0.05, 0.1) is 6.26 Å². The van der Waals surface area contributed by atoms with Crippen LogP contribution in [0.5, 0.6) is 5.75 Å². The van der Waals surface area contributed by atoms with Gasteiger partial charge in [-0.25, -0.2) is 0 Å². The van der Waals surface area contributed by atoms with Gasteiger partial charge in [0.1, 0.15) is 5.75 Å². The van der Waals surface area contributed by atoms with E-state index < -0.39 is 23.9 Å². The van der Waals surface area contributed by atoms with Gasteiger partial charge in [0, 0.05) is 0 Å². The Bertz CT molecular complexity index is 431. The van der Waals surface area contributed by atoms with Crippen molar-refractivity contribution in [1.29, 1.82) is 0 Å². The highest BCUT2D eigenvalue weighted by atomic mass is 19.4. The zero-order valence-corrected chi connectivity index (χ0v) is 9.26. The van der Waals surface area contributed by atoms with Gasteiger partial charge < -0.3 is 9.47 Å². The SMILES string of the molecule is C=COC(F)(F)C(F)(Oc1ccccc1)C(F)(F)F. The van der Waals surface area contributed by atoms with E-state index in [1.807, 2.05) is 0 Å². The number of para-hydroxylation sites is 1. The zero-order chi connectivity index (χ0) is 14.7. The van der Waals surface area contributed by atoms with E-state index in [1.54, 1.807) is 0 Å². The van der Waals surface area contributed by atoms with Gasteiger partial charge in [-0.15, -0.1) is 0 Å². The van der Waals surface area contributed by atoms with Gasteiger partial charge in [-0.2, -0.15) is 26.3 Å². The van der Waals surface area contributed by atoms with Gasteiger partial charge in [0.15, 0.2) is 0 Å². The molecule has 0 heterocycles. The van der Waals surface area contributed by atoms with Crippen LogP contribution in [0.1, 0.15) is 0 Å². The van der Waals surface area contributed by atoms with E-state index in [0.717, 1.165) is 12.1 Å². The molecular weight excluding hydrogens is 278 g/mol. The molecule has 1 unspecified atom stereocenters. The van der Waals surface area contributed by atoms with Crippen molar-refractivity contribution in [3.63, 3.8) is 0 Å². The molecule has 0 bridgehead atoms. The molecule has 0 amide bonds. The second-order valence-corrected chi connectivity index (χ2v) is 3.31. The zero-order valence-electron chi connectivity index (χ0n) is 9.26. The Morgan fingerprint density at radius 1 is 0.947 bits per heavy atom. The van der Waals surface area contributed by atoms with Crippen molar-refractivity contribution in [3.8, 4) is 5.75 Å². The van der Waals surface area contributed by atoms with Gasteiger partial charge in [0.25, 0.3) is 0 Å². The summed E-state index contributed by atoms with van der Waals surface area (Å²) in [4.78, 5) is 0. The van der Waals surface area contributed by atoms with Crippen molar-refractivity contribution in [3.05, 3.63) is 43.2 Å². The Balaban J connectivity index is 3.18. The van der Waals surface area contributed by atoms with E-state index in [-0.39, 0.29) is 6.26 Å². The topological polar surface area (TPSA) is 18.5 Å². The molecule has 1 atom stereocenters. The van der Waals surface area contributed by atoms with Gasteiger partial charge in [-0.05, 0) is 12.1 Å². The fourth-order valence-corrected chi connectivity index (χ4v) is 1.11. The Kier molecular flexibility index (Phi) is 4.02. The molecule has 0 aliphatic carbocycles.